The van der Waals surface area contributed by atoms with Gasteiger partial charge in [-0.1, -0.05) is 0 Å². The van der Waals surface area contributed by atoms with Gasteiger partial charge in [0.2, 0.25) is 5.91 Å². The number of fused-ring (bicyclic) bond motifs is 1. The Balaban J connectivity index is 1.54. The number of carbonyl (C=O) groups excluding carboxylic acids is 1. The number of aryl methyl sites for hydroxylation is 1. The number of nitrogens with one attached hydrogen (secondary N) is 1. The summed E-state index contributed by atoms with van der Waals surface area (Å²) in [5.41, 5.74) is 2.03. The van der Waals surface area contributed by atoms with Crippen LogP contribution in [0.3, 0.4) is 0 Å². The molecule has 6 heteroatoms. The van der Waals surface area contributed by atoms with Crippen molar-refractivity contribution in [2.45, 2.75) is 38.6 Å². The van der Waals surface area contributed by atoms with Gasteiger partial charge in [0.25, 0.3) is 0 Å². The van der Waals surface area contributed by atoms with E-state index in [1.807, 2.05) is 17.6 Å². The fourth-order valence-electron chi connectivity index (χ4n) is 3.23. The number of piperidine rings is 1. The van der Waals surface area contributed by atoms with Crippen LogP contribution in [0, 0.1) is 12.8 Å². The van der Waals surface area contributed by atoms with Gasteiger partial charge in [0.15, 0.2) is 5.82 Å². The van der Waals surface area contributed by atoms with Gasteiger partial charge in [-0.15, -0.1) is 0 Å². The van der Waals surface area contributed by atoms with Gasteiger partial charge in [0, 0.05) is 37.4 Å². The summed E-state index contributed by atoms with van der Waals surface area (Å²) in [4.78, 5) is 18.8. The first-order valence-electron chi connectivity index (χ1n) is 8.07. The van der Waals surface area contributed by atoms with Crippen molar-refractivity contribution in [3.05, 3.63) is 24.2 Å². The lowest BCUT2D eigenvalue weighted by molar-refractivity contribution is -0.123. The molecule has 0 spiro atoms. The zero-order valence-corrected chi connectivity index (χ0v) is 12.8. The Bertz CT molecular complexity index is 706. The Kier molecular flexibility index (Phi) is 3.24. The molecule has 6 nitrogen and oxygen atoms in total. The van der Waals surface area contributed by atoms with E-state index in [0.29, 0.717) is 0 Å². The van der Waals surface area contributed by atoms with Gasteiger partial charge in [0.05, 0.1) is 5.69 Å². The molecule has 0 bridgehead atoms. The van der Waals surface area contributed by atoms with Gasteiger partial charge < -0.3 is 10.2 Å². The summed E-state index contributed by atoms with van der Waals surface area (Å²) in [5, 5.41) is 7.65. The Hall–Kier alpha value is -2.11. The minimum atomic E-state index is 0.230. The van der Waals surface area contributed by atoms with Gasteiger partial charge in [-0.3, -0.25) is 4.79 Å². The predicted molar refractivity (Wildman–Crippen MR) is 83.8 cm³/mol. The summed E-state index contributed by atoms with van der Waals surface area (Å²) in [7, 11) is 0. The van der Waals surface area contributed by atoms with Crippen LogP contribution in [0.4, 0.5) is 5.82 Å². The first-order valence-corrected chi connectivity index (χ1v) is 8.07. The summed E-state index contributed by atoms with van der Waals surface area (Å²) in [6, 6.07) is 2.29. The van der Waals surface area contributed by atoms with Crippen molar-refractivity contribution >= 4 is 17.2 Å². The van der Waals surface area contributed by atoms with Crippen LogP contribution >= 0.6 is 0 Å². The molecule has 1 aliphatic heterocycles. The zero-order chi connectivity index (χ0) is 15.1. The molecular formula is C16H21N5O. The molecule has 1 amide bonds. The molecule has 0 aromatic carbocycles. The lowest BCUT2D eigenvalue weighted by Gasteiger charge is -2.34. The lowest BCUT2D eigenvalue weighted by atomic mass is 10.1. The molecule has 2 fully saturated rings. The molecule has 2 aromatic heterocycles. The second-order valence-corrected chi connectivity index (χ2v) is 6.43. The topological polar surface area (TPSA) is 62.5 Å². The number of nitrogens with zero attached hydrogens (tertiary/aromatic N) is 4. The van der Waals surface area contributed by atoms with E-state index in [2.05, 4.69) is 26.4 Å². The molecule has 4 rings (SSSR count). The van der Waals surface area contributed by atoms with Crippen LogP contribution in [0.2, 0.25) is 0 Å². The number of hydrogen-bond acceptors (Lipinski definition) is 4. The Labute approximate surface area is 129 Å². The second kappa shape index (κ2) is 5.26. The van der Waals surface area contributed by atoms with Crippen molar-refractivity contribution in [3.8, 4) is 0 Å². The summed E-state index contributed by atoms with van der Waals surface area (Å²) in [5.74, 6) is 1.47. The van der Waals surface area contributed by atoms with Crippen molar-refractivity contribution in [3.63, 3.8) is 0 Å². The van der Waals surface area contributed by atoms with Crippen molar-refractivity contribution in [2.75, 3.05) is 18.0 Å². The molecule has 1 unspecified atom stereocenters. The maximum atomic E-state index is 12.0. The predicted octanol–water partition coefficient (Wildman–Crippen LogP) is 1.53. The number of carbonyl (C=O) groups is 1. The minimum absolute atomic E-state index is 0.230. The maximum absolute atomic E-state index is 12.0. The fraction of sp³-hybridized carbons (Fsp3) is 0.562. The summed E-state index contributed by atoms with van der Waals surface area (Å²) < 4.78 is 1.88. The lowest BCUT2D eigenvalue weighted by Crippen LogP contribution is -2.48. The van der Waals surface area contributed by atoms with Crippen LogP contribution in [-0.4, -0.2) is 39.6 Å². The third-order valence-corrected chi connectivity index (χ3v) is 4.51. The molecule has 2 aliphatic rings. The molecular weight excluding hydrogens is 278 g/mol. The SMILES string of the molecule is Cc1cc2c(N3CCCC(NC(=O)C4CC4)C3)nccn2n1. The van der Waals surface area contributed by atoms with Crippen LogP contribution < -0.4 is 10.2 Å². The average molecular weight is 299 g/mol. The maximum Gasteiger partial charge on any atom is 0.223 e. The van der Waals surface area contributed by atoms with Crippen LogP contribution in [0.15, 0.2) is 18.5 Å². The second-order valence-electron chi connectivity index (χ2n) is 6.43. The third-order valence-electron chi connectivity index (χ3n) is 4.51. The Morgan fingerprint density at radius 1 is 1.36 bits per heavy atom. The molecule has 1 saturated heterocycles. The van der Waals surface area contributed by atoms with Gasteiger partial charge >= 0.3 is 0 Å². The molecule has 1 saturated carbocycles. The average Bonchev–Trinajstić information content (AvgIpc) is 3.28. The van der Waals surface area contributed by atoms with Crippen molar-refractivity contribution in [2.24, 2.45) is 5.92 Å². The Morgan fingerprint density at radius 2 is 2.23 bits per heavy atom. The molecule has 1 aliphatic carbocycles. The van der Waals surface area contributed by atoms with Gasteiger partial charge in [-0.2, -0.15) is 5.10 Å². The molecule has 3 heterocycles. The highest BCUT2D eigenvalue weighted by molar-refractivity contribution is 5.81. The first kappa shape index (κ1) is 13.5. The van der Waals surface area contributed by atoms with E-state index in [0.717, 1.165) is 55.8 Å². The normalized spacial score (nSPS) is 22.0. The summed E-state index contributed by atoms with van der Waals surface area (Å²) >= 11 is 0. The zero-order valence-electron chi connectivity index (χ0n) is 12.8. The van der Waals surface area contributed by atoms with Gasteiger partial charge in [0.1, 0.15) is 5.52 Å². The smallest absolute Gasteiger partial charge is 0.223 e. The molecule has 1 N–H and O–H groups in total. The highest BCUT2D eigenvalue weighted by atomic mass is 16.2. The molecule has 1 atom stereocenters. The standard InChI is InChI=1S/C16H21N5O/c1-11-9-14-15(17-6-8-21(14)19-11)20-7-2-3-13(10-20)18-16(22)12-4-5-12/h6,8-9,12-13H,2-5,7,10H2,1H3,(H,18,22). The van der Waals surface area contributed by atoms with Gasteiger partial charge in [-0.25, -0.2) is 9.50 Å². The van der Waals surface area contributed by atoms with Crippen LogP contribution in [0.25, 0.3) is 5.52 Å². The van der Waals surface area contributed by atoms with E-state index in [4.69, 9.17) is 0 Å². The number of hydrogen-bond donors (Lipinski definition) is 1. The Morgan fingerprint density at radius 3 is 3.05 bits per heavy atom. The fourth-order valence-corrected chi connectivity index (χ4v) is 3.23. The number of amides is 1. The summed E-state index contributed by atoms with van der Waals surface area (Å²) in [6.07, 6.45) is 7.90. The van der Waals surface area contributed by atoms with E-state index in [-0.39, 0.29) is 17.9 Å². The van der Waals surface area contributed by atoms with Gasteiger partial charge in [-0.05, 0) is 38.7 Å². The van der Waals surface area contributed by atoms with Crippen molar-refractivity contribution in [1.29, 1.82) is 0 Å². The highest BCUT2D eigenvalue weighted by Gasteiger charge is 2.32. The van der Waals surface area contributed by atoms with Crippen molar-refractivity contribution < 1.29 is 4.79 Å². The molecule has 0 radical (unpaired) electrons. The van der Waals surface area contributed by atoms with E-state index in [9.17, 15) is 4.79 Å². The minimum Gasteiger partial charge on any atom is -0.353 e. The largest absolute Gasteiger partial charge is 0.353 e. The van der Waals surface area contributed by atoms with E-state index < -0.39 is 0 Å². The van der Waals surface area contributed by atoms with Crippen LogP contribution in [0.1, 0.15) is 31.4 Å². The summed E-state index contributed by atoms with van der Waals surface area (Å²) in [6.45, 7) is 3.80. The monoisotopic (exact) mass is 299 g/mol. The number of anilines is 1. The number of rotatable bonds is 3. The van der Waals surface area contributed by atoms with E-state index in [1.54, 1.807) is 6.20 Å². The van der Waals surface area contributed by atoms with Crippen LogP contribution in [0.5, 0.6) is 0 Å². The number of aromatic nitrogens is 3. The van der Waals surface area contributed by atoms with E-state index >= 15 is 0 Å². The molecule has 2 aromatic rings. The third kappa shape index (κ3) is 2.53. The van der Waals surface area contributed by atoms with Crippen molar-refractivity contribution in [1.82, 2.24) is 19.9 Å². The highest BCUT2D eigenvalue weighted by Crippen LogP contribution is 2.29. The van der Waals surface area contributed by atoms with Crippen LogP contribution in [-0.2, 0) is 4.79 Å². The van der Waals surface area contributed by atoms with E-state index in [1.165, 1.54) is 0 Å². The molecule has 22 heavy (non-hydrogen) atoms. The quantitative estimate of drug-likeness (QED) is 0.933. The first-order chi connectivity index (χ1) is 10.7. The molecule has 116 valence electrons.